The van der Waals surface area contributed by atoms with E-state index in [1.807, 2.05) is 11.3 Å². The minimum atomic E-state index is 0.559. The van der Waals surface area contributed by atoms with Gasteiger partial charge in [0.25, 0.3) is 0 Å². The molecule has 1 nitrogen and oxygen atoms in total. The maximum Gasteiger partial charge on any atom is -0.00209 e. The second-order valence-corrected chi connectivity index (χ2v) is 7.44. The highest BCUT2D eigenvalue weighted by molar-refractivity contribution is 7.07. The number of hydrogen-bond acceptors (Lipinski definition) is 2. The lowest BCUT2D eigenvalue weighted by Crippen LogP contribution is -2.35. The van der Waals surface area contributed by atoms with E-state index >= 15 is 0 Å². The van der Waals surface area contributed by atoms with Crippen molar-refractivity contribution in [3.05, 3.63) is 22.4 Å². The van der Waals surface area contributed by atoms with Crippen LogP contribution >= 0.6 is 11.3 Å². The van der Waals surface area contributed by atoms with Gasteiger partial charge in [0.15, 0.2) is 0 Å². The molecule has 18 heavy (non-hydrogen) atoms. The zero-order valence-corrected chi connectivity index (χ0v) is 12.9. The number of hydrogen-bond donors (Lipinski definition) is 1. The van der Waals surface area contributed by atoms with E-state index in [9.17, 15) is 0 Å². The van der Waals surface area contributed by atoms with Crippen LogP contribution in [0.25, 0.3) is 0 Å². The minimum Gasteiger partial charge on any atom is -0.319 e. The summed E-state index contributed by atoms with van der Waals surface area (Å²) in [7, 11) is 2.09. The van der Waals surface area contributed by atoms with Crippen LogP contribution in [0.1, 0.15) is 45.1 Å². The van der Waals surface area contributed by atoms with Gasteiger partial charge in [-0.05, 0) is 85.3 Å². The fourth-order valence-electron chi connectivity index (χ4n) is 3.45. The first-order valence-electron chi connectivity index (χ1n) is 7.26. The molecule has 0 radical (unpaired) electrons. The van der Waals surface area contributed by atoms with E-state index in [1.165, 1.54) is 44.2 Å². The number of aryl methyl sites for hydroxylation is 1. The van der Waals surface area contributed by atoms with Crippen LogP contribution in [0.5, 0.6) is 0 Å². The molecule has 2 heteroatoms. The van der Waals surface area contributed by atoms with Gasteiger partial charge in [-0.25, -0.2) is 0 Å². The van der Waals surface area contributed by atoms with Crippen molar-refractivity contribution >= 4 is 11.3 Å². The molecular formula is C16H27NS. The topological polar surface area (TPSA) is 12.0 Å². The van der Waals surface area contributed by atoms with Gasteiger partial charge in [0, 0.05) is 0 Å². The molecule has 1 saturated carbocycles. The minimum absolute atomic E-state index is 0.559. The van der Waals surface area contributed by atoms with Gasteiger partial charge >= 0.3 is 0 Å². The standard InChI is InChI=1S/C16H27NS/c1-16(2)8-6-15(11-17-3)14(10-16)5-4-13-7-9-18-12-13/h7,9,12,14-15,17H,4-6,8,10-11H2,1-3H3. The van der Waals surface area contributed by atoms with E-state index in [0.29, 0.717) is 5.41 Å². The van der Waals surface area contributed by atoms with E-state index in [4.69, 9.17) is 0 Å². The molecule has 1 heterocycles. The lowest BCUT2D eigenvalue weighted by molar-refractivity contribution is 0.111. The van der Waals surface area contributed by atoms with Crippen molar-refractivity contribution in [2.75, 3.05) is 13.6 Å². The second kappa shape index (κ2) is 6.21. The van der Waals surface area contributed by atoms with Gasteiger partial charge in [0.1, 0.15) is 0 Å². The zero-order valence-electron chi connectivity index (χ0n) is 12.0. The summed E-state index contributed by atoms with van der Waals surface area (Å²) >= 11 is 1.82. The lowest BCUT2D eigenvalue weighted by Gasteiger charge is -2.41. The first kappa shape index (κ1) is 14.1. The van der Waals surface area contributed by atoms with Gasteiger partial charge in [-0.1, -0.05) is 13.8 Å². The van der Waals surface area contributed by atoms with E-state index in [2.05, 4.69) is 43.0 Å². The summed E-state index contributed by atoms with van der Waals surface area (Å²) in [6.07, 6.45) is 6.84. The first-order valence-corrected chi connectivity index (χ1v) is 8.21. The highest BCUT2D eigenvalue weighted by atomic mass is 32.1. The summed E-state index contributed by atoms with van der Waals surface area (Å²) < 4.78 is 0. The Balaban J connectivity index is 1.92. The smallest absolute Gasteiger partial charge is 0.00209 e. The van der Waals surface area contributed by atoms with Crippen LogP contribution in [0.3, 0.4) is 0 Å². The van der Waals surface area contributed by atoms with Crippen LogP contribution in [0.2, 0.25) is 0 Å². The first-order chi connectivity index (χ1) is 8.61. The third-order valence-corrected chi connectivity index (χ3v) is 5.26. The number of rotatable bonds is 5. The summed E-state index contributed by atoms with van der Waals surface area (Å²) in [5.74, 6) is 1.79. The maximum absolute atomic E-state index is 3.39. The fourth-order valence-corrected chi connectivity index (χ4v) is 4.15. The Hall–Kier alpha value is -0.340. The van der Waals surface area contributed by atoms with Gasteiger partial charge in [0.2, 0.25) is 0 Å². The Kier molecular flexibility index (Phi) is 4.85. The average molecular weight is 265 g/mol. The van der Waals surface area contributed by atoms with Crippen LogP contribution in [-0.4, -0.2) is 13.6 Å². The van der Waals surface area contributed by atoms with Crippen molar-refractivity contribution in [1.29, 1.82) is 0 Å². The molecular weight excluding hydrogens is 238 g/mol. The van der Waals surface area contributed by atoms with Crippen molar-refractivity contribution < 1.29 is 0 Å². The molecule has 2 unspecified atom stereocenters. The molecule has 1 aliphatic carbocycles. The Morgan fingerprint density at radius 1 is 1.39 bits per heavy atom. The van der Waals surface area contributed by atoms with Gasteiger partial charge in [-0.3, -0.25) is 0 Å². The molecule has 0 saturated heterocycles. The van der Waals surface area contributed by atoms with Gasteiger partial charge < -0.3 is 5.32 Å². The van der Waals surface area contributed by atoms with Crippen molar-refractivity contribution in [2.24, 2.45) is 17.3 Å². The normalized spacial score (nSPS) is 27.3. The van der Waals surface area contributed by atoms with Crippen LogP contribution in [0.15, 0.2) is 16.8 Å². The predicted molar refractivity (Wildman–Crippen MR) is 81.2 cm³/mol. The average Bonchev–Trinajstić information content (AvgIpc) is 2.82. The van der Waals surface area contributed by atoms with Gasteiger partial charge in [-0.2, -0.15) is 11.3 Å². The second-order valence-electron chi connectivity index (χ2n) is 6.66. The SMILES string of the molecule is CNCC1CCC(C)(C)CC1CCc1ccsc1. The zero-order chi connectivity index (χ0) is 13.0. The van der Waals surface area contributed by atoms with Crippen LogP contribution < -0.4 is 5.32 Å². The number of thiophene rings is 1. The molecule has 0 aliphatic heterocycles. The van der Waals surface area contributed by atoms with E-state index < -0.39 is 0 Å². The monoisotopic (exact) mass is 265 g/mol. The molecule has 1 aromatic rings. The van der Waals surface area contributed by atoms with Crippen LogP contribution in [-0.2, 0) is 6.42 Å². The van der Waals surface area contributed by atoms with E-state index in [1.54, 1.807) is 0 Å². The van der Waals surface area contributed by atoms with Crippen LogP contribution in [0.4, 0.5) is 0 Å². The van der Waals surface area contributed by atoms with E-state index in [-0.39, 0.29) is 0 Å². The molecule has 0 bridgehead atoms. The maximum atomic E-state index is 3.39. The number of nitrogens with one attached hydrogen (secondary N) is 1. The Morgan fingerprint density at radius 3 is 2.89 bits per heavy atom. The highest BCUT2D eigenvalue weighted by Gasteiger charge is 2.33. The molecule has 1 aliphatic rings. The summed E-state index contributed by atoms with van der Waals surface area (Å²) in [6.45, 7) is 6.09. The lowest BCUT2D eigenvalue weighted by atomic mass is 9.66. The van der Waals surface area contributed by atoms with Gasteiger partial charge in [0.05, 0.1) is 0 Å². The summed E-state index contributed by atoms with van der Waals surface area (Å²) in [5, 5.41) is 7.90. The molecule has 102 valence electrons. The molecule has 1 aromatic heterocycles. The molecule has 0 spiro atoms. The Bertz CT molecular complexity index is 342. The molecule has 1 N–H and O–H groups in total. The van der Waals surface area contributed by atoms with Crippen molar-refractivity contribution in [1.82, 2.24) is 5.32 Å². The molecule has 2 rings (SSSR count). The summed E-state index contributed by atoms with van der Waals surface area (Å²) in [4.78, 5) is 0. The highest BCUT2D eigenvalue weighted by Crippen LogP contribution is 2.43. The summed E-state index contributed by atoms with van der Waals surface area (Å²) in [5.41, 5.74) is 2.09. The molecule has 1 fully saturated rings. The third kappa shape index (κ3) is 3.83. The van der Waals surface area contributed by atoms with Crippen LogP contribution in [0, 0.1) is 17.3 Å². The predicted octanol–water partition coefficient (Wildman–Crippen LogP) is 4.34. The summed E-state index contributed by atoms with van der Waals surface area (Å²) in [6, 6.07) is 2.28. The Labute approximate surface area is 116 Å². The van der Waals surface area contributed by atoms with Gasteiger partial charge in [-0.15, -0.1) is 0 Å². The van der Waals surface area contributed by atoms with Crippen molar-refractivity contribution in [3.8, 4) is 0 Å². The van der Waals surface area contributed by atoms with Crippen molar-refractivity contribution in [3.63, 3.8) is 0 Å². The largest absolute Gasteiger partial charge is 0.319 e. The molecule has 0 amide bonds. The fraction of sp³-hybridized carbons (Fsp3) is 0.750. The van der Waals surface area contributed by atoms with Crippen molar-refractivity contribution in [2.45, 2.75) is 46.0 Å². The molecule has 0 aromatic carbocycles. The third-order valence-electron chi connectivity index (χ3n) is 4.52. The van der Waals surface area contributed by atoms with E-state index in [0.717, 1.165) is 11.8 Å². The Morgan fingerprint density at radius 2 is 2.22 bits per heavy atom. The quantitative estimate of drug-likeness (QED) is 0.835. The molecule has 2 atom stereocenters.